The fraction of sp³-hybridized carbons (Fsp3) is 0.429. The molecule has 1 atom stereocenters. The summed E-state index contributed by atoms with van der Waals surface area (Å²) < 4.78 is 0. The van der Waals surface area contributed by atoms with Crippen molar-refractivity contribution in [2.45, 2.75) is 25.8 Å². The molecule has 0 unspecified atom stereocenters. The number of H-pyrrole nitrogens is 1. The fourth-order valence-corrected chi connectivity index (χ4v) is 2.67. The number of pyridine rings is 1. The molecule has 2 aromatic heterocycles. The van der Waals surface area contributed by atoms with E-state index in [-0.39, 0.29) is 0 Å². The van der Waals surface area contributed by atoms with Crippen LogP contribution in [0.25, 0.3) is 11.4 Å². The number of rotatable bonds is 2. The largest absolute Gasteiger partial charge is 0.299 e. The van der Waals surface area contributed by atoms with E-state index in [9.17, 15) is 0 Å². The summed E-state index contributed by atoms with van der Waals surface area (Å²) in [5, 5.41) is 7.24. The third-order valence-electron chi connectivity index (χ3n) is 3.66. The van der Waals surface area contributed by atoms with Gasteiger partial charge < -0.3 is 0 Å². The van der Waals surface area contributed by atoms with Gasteiger partial charge in [0.15, 0.2) is 0 Å². The molecule has 0 radical (unpaired) electrons. The van der Waals surface area contributed by atoms with Gasteiger partial charge in [-0.05, 0) is 57.1 Å². The minimum atomic E-state index is 0.534. The van der Waals surface area contributed by atoms with E-state index in [0.29, 0.717) is 6.04 Å². The lowest BCUT2D eigenvalue weighted by Crippen LogP contribution is -2.17. The van der Waals surface area contributed by atoms with Gasteiger partial charge in [-0.15, -0.1) is 0 Å². The summed E-state index contributed by atoms with van der Waals surface area (Å²) in [6, 6.07) is 6.86. The molecule has 4 heteroatoms. The summed E-state index contributed by atoms with van der Waals surface area (Å²) in [6.07, 6.45) is 4.40. The second kappa shape index (κ2) is 4.53. The first-order valence-electron chi connectivity index (χ1n) is 6.42. The summed E-state index contributed by atoms with van der Waals surface area (Å²) in [4.78, 5) is 6.83. The molecule has 1 N–H and O–H groups in total. The average molecular weight is 242 g/mol. The zero-order chi connectivity index (χ0) is 12.5. The van der Waals surface area contributed by atoms with Crippen LogP contribution in [0, 0.1) is 6.92 Å². The van der Waals surface area contributed by atoms with Crippen LogP contribution in [0.3, 0.4) is 0 Å². The van der Waals surface area contributed by atoms with Crippen molar-refractivity contribution in [1.29, 1.82) is 0 Å². The van der Waals surface area contributed by atoms with Crippen LogP contribution in [0.15, 0.2) is 24.4 Å². The number of hydrogen-bond acceptors (Lipinski definition) is 3. The van der Waals surface area contributed by atoms with Crippen LogP contribution in [0.1, 0.15) is 30.1 Å². The number of hydrogen-bond donors (Lipinski definition) is 1. The maximum absolute atomic E-state index is 4.42. The molecule has 0 bridgehead atoms. The van der Waals surface area contributed by atoms with E-state index in [1.165, 1.54) is 24.9 Å². The molecule has 18 heavy (non-hydrogen) atoms. The quantitative estimate of drug-likeness (QED) is 0.880. The van der Waals surface area contributed by atoms with Crippen LogP contribution in [-0.4, -0.2) is 33.7 Å². The predicted octanol–water partition coefficient (Wildman–Crippen LogP) is 2.55. The maximum Gasteiger partial charge on any atom is 0.111 e. The smallest absolute Gasteiger partial charge is 0.111 e. The highest BCUT2D eigenvalue weighted by Crippen LogP contribution is 2.31. The SMILES string of the molecule is Cc1cc(-c2cc([C@H]3CCCN3C)ccn2)n[nH]1. The van der Waals surface area contributed by atoms with E-state index in [2.05, 4.69) is 39.3 Å². The van der Waals surface area contributed by atoms with Crippen molar-refractivity contribution in [1.82, 2.24) is 20.1 Å². The molecule has 0 aliphatic carbocycles. The number of nitrogens with one attached hydrogen (secondary N) is 1. The molecule has 3 rings (SSSR count). The first-order chi connectivity index (χ1) is 8.74. The lowest BCUT2D eigenvalue weighted by atomic mass is 10.0. The van der Waals surface area contributed by atoms with Crippen molar-refractivity contribution >= 4 is 0 Å². The molecule has 0 amide bonds. The van der Waals surface area contributed by atoms with Crippen molar-refractivity contribution in [3.63, 3.8) is 0 Å². The van der Waals surface area contributed by atoms with Crippen molar-refractivity contribution < 1.29 is 0 Å². The standard InChI is InChI=1S/C14H18N4/c1-10-8-13(17-16-10)12-9-11(5-6-15-12)14-4-3-7-18(14)2/h5-6,8-9,14H,3-4,7H2,1-2H3,(H,16,17)/t14-/m1/s1. The Labute approximate surface area is 107 Å². The summed E-state index contributed by atoms with van der Waals surface area (Å²) in [6.45, 7) is 3.19. The molecular formula is C14H18N4. The Morgan fingerprint density at radius 2 is 2.22 bits per heavy atom. The topological polar surface area (TPSA) is 44.8 Å². The number of nitrogens with zero attached hydrogens (tertiary/aromatic N) is 3. The first-order valence-corrected chi connectivity index (χ1v) is 6.42. The second-order valence-corrected chi connectivity index (χ2v) is 5.05. The summed E-state index contributed by atoms with van der Waals surface area (Å²) in [5.74, 6) is 0. The van der Waals surface area contributed by atoms with E-state index in [4.69, 9.17) is 0 Å². The van der Waals surface area contributed by atoms with E-state index in [1.807, 2.05) is 19.2 Å². The Bertz CT molecular complexity index is 546. The minimum Gasteiger partial charge on any atom is -0.299 e. The van der Waals surface area contributed by atoms with E-state index in [0.717, 1.165) is 17.1 Å². The minimum absolute atomic E-state index is 0.534. The van der Waals surface area contributed by atoms with Gasteiger partial charge in [-0.1, -0.05) is 0 Å². The molecule has 4 nitrogen and oxygen atoms in total. The molecule has 1 fully saturated rings. The number of aromatic amines is 1. The van der Waals surface area contributed by atoms with Crippen LogP contribution in [0.2, 0.25) is 0 Å². The third kappa shape index (κ3) is 2.04. The first kappa shape index (κ1) is 11.4. The molecule has 1 aliphatic rings. The average Bonchev–Trinajstić information content (AvgIpc) is 2.98. The molecule has 3 heterocycles. The Morgan fingerprint density at radius 3 is 2.89 bits per heavy atom. The lowest BCUT2D eigenvalue weighted by molar-refractivity contribution is 0.317. The van der Waals surface area contributed by atoms with E-state index >= 15 is 0 Å². The highest BCUT2D eigenvalue weighted by atomic mass is 15.1. The molecule has 2 aromatic rings. The summed E-state index contributed by atoms with van der Waals surface area (Å²) in [5.41, 5.74) is 4.29. The van der Waals surface area contributed by atoms with Crippen molar-refractivity contribution in [2.24, 2.45) is 0 Å². The van der Waals surface area contributed by atoms with Crippen LogP contribution in [0.4, 0.5) is 0 Å². The number of aryl methyl sites for hydroxylation is 1. The van der Waals surface area contributed by atoms with Crippen molar-refractivity contribution in [3.8, 4) is 11.4 Å². The van der Waals surface area contributed by atoms with Gasteiger partial charge in [-0.2, -0.15) is 5.10 Å². The van der Waals surface area contributed by atoms with Crippen LogP contribution in [-0.2, 0) is 0 Å². The Kier molecular flexibility index (Phi) is 2.88. The highest BCUT2D eigenvalue weighted by Gasteiger charge is 2.22. The third-order valence-corrected chi connectivity index (χ3v) is 3.66. The Hall–Kier alpha value is -1.68. The zero-order valence-corrected chi connectivity index (χ0v) is 10.8. The van der Waals surface area contributed by atoms with Crippen LogP contribution in [0.5, 0.6) is 0 Å². The maximum atomic E-state index is 4.42. The van der Waals surface area contributed by atoms with Crippen LogP contribution < -0.4 is 0 Å². The molecule has 0 spiro atoms. The fourth-order valence-electron chi connectivity index (χ4n) is 2.67. The lowest BCUT2D eigenvalue weighted by Gasteiger charge is -2.19. The summed E-state index contributed by atoms with van der Waals surface area (Å²) >= 11 is 0. The molecule has 94 valence electrons. The number of aromatic nitrogens is 3. The van der Waals surface area contributed by atoms with Gasteiger partial charge in [0, 0.05) is 17.9 Å². The van der Waals surface area contributed by atoms with Gasteiger partial charge >= 0.3 is 0 Å². The molecule has 0 saturated carbocycles. The van der Waals surface area contributed by atoms with Gasteiger partial charge in [0.2, 0.25) is 0 Å². The second-order valence-electron chi connectivity index (χ2n) is 5.05. The monoisotopic (exact) mass is 242 g/mol. The Balaban J connectivity index is 1.94. The molecule has 1 saturated heterocycles. The molecule has 0 aromatic carbocycles. The molecule has 1 aliphatic heterocycles. The van der Waals surface area contributed by atoms with Crippen molar-refractivity contribution in [2.75, 3.05) is 13.6 Å². The van der Waals surface area contributed by atoms with Crippen molar-refractivity contribution in [3.05, 3.63) is 35.7 Å². The highest BCUT2D eigenvalue weighted by molar-refractivity contribution is 5.55. The van der Waals surface area contributed by atoms with E-state index < -0.39 is 0 Å². The Morgan fingerprint density at radius 1 is 1.33 bits per heavy atom. The van der Waals surface area contributed by atoms with E-state index in [1.54, 1.807) is 0 Å². The van der Waals surface area contributed by atoms with Gasteiger partial charge in [-0.25, -0.2) is 0 Å². The molecular weight excluding hydrogens is 224 g/mol. The van der Waals surface area contributed by atoms with Gasteiger partial charge in [0.25, 0.3) is 0 Å². The van der Waals surface area contributed by atoms with Gasteiger partial charge in [0.05, 0.1) is 5.69 Å². The van der Waals surface area contributed by atoms with Crippen LogP contribution >= 0.6 is 0 Å². The summed E-state index contributed by atoms with van der Waals surface area (Å²) in [7, 11) is 2.19. The normalized spacial score (nSPS) is 20.4. The van der Waals surface area contributed by atoms with Gasteiger partial charge in [0.1, 0.15) is 5.69 Å². The zero-order valence-electron chi connectivity index (χ0n) is 10.8. The number of likely N-dealkylation sites (tertiary alicyclic amines) is 1. The predicted molar refractivity (Wildman–Crippen MR) is 71.2 cm³/mol. The van der Waals surface area contributed by atoms with Gasteiger partial charge in [-0.3, -0.25) is 15.0 Å².